The average molecular weight is 481 g/mol. The lowest BCUT2D eigenvalue weighted by molar-refractivity contribution is 0.0729. The van der Waals surface area contributed by atoms with E-state index < -0.39 is 10.0 Å². The van der Waals surface area contributed by atoms with Gasteiger partial charge in [0, 0.05) is 18.7 Å². The minimum atomic E-state index is -3.84. The van der Waals surface area contributed by atoms with E-state index in [1.807, 2.05) is 60.7 Å². The second kappa shape index (κ2) is 10.8. The summed E-state index contributed by atoms with van der Waals surface area (Å²) in [6.45, 7) is 1.18. The smallest absolute Gasteiger partial charge is 0.251 e. The van der Waals surface area contributed by atoms with Gasteiger partial charge in [-0.25, -0.2) is 8.42 Å². The fraction of sp³-hybridized carbons (Fsp3) is 0.269. The van der Waals surface area contributed by atoms with Gasteiger partial charge in [0.2, 0.25) is 10.0 Å². The summed E-state index contributed by atoms with van der Waals surface area (Å²) in [7, 11) is -2.43. The topological polar surface area (TPSA) is 84.9 Å². The van der Waals surface area contributed by atoms with Gasteiger partial charge in [-0.1, -0.05) is 60.7 Å². The Balaban J connectivity index is 1.62. The van der Waals surface area contributed by atoms with Gasteiger partial charge >= 0.3 is 0 Å². The van der Waals surface area contributed by atoms with E-state index in [4.69, 9.17) is 9.47 Å². The predicted octanol–water partition coefficient (Wildman–Crippen LogP) is 3.43. The Morgan fingerprint density at radius 3 is 2.29 bits per heavy atom. The lowest BCUT2D eigenvalue weighted by atomic mass is 9.98. The zero-order valence-electron chi connectivity index (χ0n) is 19.0. The molecule has 0 aromatic heterocycles. The van der Waals surface area contributed by atoms with Crippen LogP contribution in [0.5, 0.6) is 5.75 Å². The number of carbonyl (C=O) groups is 1. The lowest BCUT2D eigenvalue weighted by Gasteiger charge is -2.27. The number of ether oxygens (including phenoxy) is 2. The molecule has 178 valence electrons. The third-order valence-electron chi connectivity index (χ3n) is 5.80. The number of hydrogen-bond donors (Lipinski definition) is 1. The van der Waals surface area contributed by atoms with Crippen LogP contribution in [0.1, 0.15) is 27.5 Å². The van der Waals surface area contributed by atoms with Crippen molar-refractivity contribution >= 4 is 15.9 Å². The number of carbonyl (C=O) groups excluding carboxylic acids is 1. The van der Waals surface area contributed by atoms with Crippen molar-refractivity contribution in [3.8, 4) is 5.75 Å². The molecule has 8 heteroatoms. The minimum Gasteiger partial charge on any atom is -0.495 e. The number of morpholine rings is 1. The number of benzene rings is 3. The van der Waals surface area contributed by atoms with Crippen molar-refractivity contribution in [3.05, 3.63) is 95.6 Å². The molecule has 4 rings (SSSR count). The Morgan fingerprint density at radius 2 is 1.65 bits per heavy atom. The Bertz CT molecular complexity index is 1210. The van der Waals surface area contributed by atoms with Crippen molar-refractivity contribution in [2.75, 3.05) is 33.4 Å². The zero-order valence-corrected chi connectivity index (χ0v) is 19.8. The van der Waals surface area contributed by atoms with E-state index in [0.29, 0.717) is 19.6 Å². The van der Waals surface area contributed by atoms with Crippen LogP contribution in [-0.2, 0) is 21.2 Å². The molecule has 3 aromatic carbocycles. The number of nitrogens with one attached hydrogen (secondary N) is 1. The first-order chi connectivity index (χ1) is 16.5. The third kappa shape index (κ3) is 5.47. The highest BCUT2D eigenvalue weighted by Gasteiger charge is 2.30. The summed E-state index contributed by atoms with van der Waals surface area (Å²) < 4.78 is 38.5. The second-order valence-electron chi connectivity index (χ2n) is 8.01. The van der Waals surface area contributed by atoms with E-state index in [9.17, 15) is 13.2 Å². The molecular weight excluding hydrogens is 452 g/mol. The van der Waals surface area contributed by atoms with Crippen LogP contribution in [0, 0.1) is 0 Å². The molecule has 1 fully saturated rings. The quantitative estimate of drug-likeness (QED) is 0.534. The van der Waals surface area contributed by atoms with Crippen LogP contribution in [0.3, 0.4) is 0 Å². The van der Waals surface area contributed by atoms with Crippen molar-refractivity contribution in [1.82, 2.24) is 9.62 Å². The Kier molecular flexibility index (Phi) is 7.62. The number of rotatable bonds is 8. The molecule has 0 bridgehead atoms. The Morgan fingerprint density at radius 1 is 1.00 bits per heavy atom. The highest BCUT2D eigenvalue weighted by atomic mass is 32.2. The number of sulfonamides is 1. The van der Waals surface area contributed by atoms with E-state index in [1.54, 1.807) is 6.07 Å². The maximum absolute atomic E-state index is 13.3. The molecule has 1 saturated heterocycles. The first-order valence-corrected chi connectivity index (χ1v) is 12.6. The van der Waals surface area contributed by atoms with Gasteiger partial charge in [-0.05, 0) is 35.7 Å². The van der Waals surface area contributed by atoms with Gasteiger partial charge in [0.1, 0.15) is 10.6 Å². The first-order valence-electron chi connectivity index (χ1n) is 11.1. The van der Waals surface area contributed by atoms with Crippen LogP contribution in [0.15, 0.2) is 83.8 Å². The van der Waals surface area contributed by atoms with E-state index in [0.717, 1.165) is 11.1 Å². The molecule has 3 aromatic rings. The van der Waals surface area contributed by atoms with Crippen LogP contribution < -0.4 is 10.1 Å². The van der Waals surface area contributed by atoms with E-state index in [-0.39, 0.29) is 41.2 Å². The standard InChI is InChI=1S/C26H28N2O5S/c1-32-24-13-12-22(19-25(24)34(30,31)28-14-16-33-17-15-28)26(29)27-23(21-10-6-3-7-11-21)18-20-8-4-2-5-9-20/h2-13,19,23H,14-18H2,1H3,(H,27,29). The van der Waals surface area contributed by atoms with Gasteiger partial charge in [0.15, 0.2) is 0 Å². The second-order valence-corrected chi connectivity index (χ2v) is 9.91. The maximum Gasteiger partial charge on any atom is 0.251 e. The largest absolute Gasteiger partial charge is 0.495 e. The van der Waals surface area contributed by atoms with Gasteiger partial charge in [-0.3, -0.25) is 4.79 Å². The first kappa shape index (κ1) is 23.9. The van der Waals surface area contributed by atoms with Crippen LogP contribution in [0.2, 0.25) is 0 Å². The van der Waals surface area contributed by atoms with Gasteiger partial charge in [-0.15, -0.1) is 0 Å². The van der Waals surface area contributed by atoms with Crippen molar-refractivity contribution in [1.29, 1.82) is 0 Å². The molecule has 1 N–H and O–H groups in total. The summed E-state index contributed by atoms with van der Waals surface area (Å²) in [6.07, 6.45) is 0.603. The van der Waals surface area contributed by atoms with Crippen LogP contribution >= 0.6 is 0 Å². The van der Waals surface area contributed by atoms with Gasteiger partial charge < -0.3 is 14.8 Å². The van der Waals surface area contributed by atoms with Gasteiger partial charge in [0.05, 0.1) is 26.4 Å². The predicted molar refractivity (Wildman–Crippen MR) is 129 cm³/mol. The fourth-order valence-corrected chi connectivity index (χ4v) is 5.56. The SMILES string of the molecule is COc1ccc(C(=O)NC(Cc2ccccc2)c2ccccc2)cc1S(=O)(=O)N1CCOCC1. The highest BCUT2D eigenvalue weighted by molar-refractivity contribution is 7.89. The Hall–Kier alpha value is -3.20. The summed E-state index contributed by atoms with van der Waals surface area (Å²) in [5.74, 6) is -0.155. The maximum atomic E-state index is 13.3. The number of hydrogen-bond acceptors (Lipinski definition) is 5. The van der Waals surface area contributed by atoms with E-state index in [1.165, 1.54) is 23.5 Å². The molecule has 0 radical (unpaired) electrons. The number of amides is 1. The average Bonchev–Trinajstić information content (AvgIpc) is 2.89. The van der Waals surface area contributed by atoms with E-state index >= 15 is 0 Å². The third-order valence-corrected chi connectivity index (χ3v) is 7.72. The summed E-state index contributed by atoms with van der Waals surface area (Å²) in [5, 5.41) is 3.09. The summed E-state index contributed by atoms with van der Waals surface area (Å²) in [5.41, 5.74) is 2.30. The molecular formula is C26H28N2O5S. The summed E-state index contributed by atoms with van der Waals surface area (Å²) >= 11 is 0. The van der Waals surface area contributed by atoms with Crippen molar-refractivity contribution < 1.29 is 22.7 Å². The molecule has 0 saturated carbocycles. The molecule has 1 aliphatic rings. The molecule has 34 heavy (non-hydrogen) atoms. The highest BCUT2D eigenvalue weighted by Crippen LogP contribution is 2.29. The molecule has 0 aliphatic carbocycles. The van der Waals surface area contributed by atoms with Gasteiger partial charge in [0.25, 0.3) is 5.91 Å². The molecule has 1 amide bonds. The molecule has 1 heterocycles. The lowest BCUT2D eigenvalue weighted by Crippen LogP contribution is -2.40. The van der Waals surface area contributed by atoms with Gasteiger partial charge in [-0.2, -0.15) is 4.31 Å². The molecule has 0 spiro atoms. The zero-order chi connectivity index (χ0) is 24.0. The van der Waals surface area contributed by atoms with Crippen LogP contribution in [-0.4, -0.2) is 52.0 Å². The van der Waals surface area contributed by atoms with Crippen molar-refractivity contribution in [2.24, 2.45) is 0 Å². The fourth-order valence-electron chi connectivity index (χ4n) is 3.97. The molecule has 1 unspecified atom stereocenters. The normalized spacial score (nSPS) is 15.4. The van der Waals surface area contributed by atoms with E-state index in [2.05, 4.69) is 5.32 Å². The molecule has 7 nitrogen and oxygen atoms in total. The monoisotopic (exact) mass is 480 g/mol. The molecule has 1 aliphatic heterocycles. The van der Waals surface area contributed by atoms with Crippen molar-refractivity contribution in [2.45, 2.75) is 17.4 Å². The minimum absolute atomic E-state index is 0.0242. The van der Waals surface area contributed by atoms with Crippen LogP contribution in [0.25, 0.3) is 0 Å². The summed E-state index contributed by atoms with van der Waals surface area (Å²) in [4.78, 5) is 13.3. The summed E-state index contributed by atoms with van der Waals surface area (Å²) in [6, 6.07) is 23.9. The number of methoxy groups -OCH3 is 1. The Labute approximate surface area is 200 Å². The molecule has 1 atom stereocenters. The number of nitrogens with zero attached hydrogens (tertiary/aromatic N) is 1. The van der Waals surface area contributed by atoms with Crippen molar-refractivity contribution in [3.63, 3.8) is 0 Å². The van der Waals surface area contributed by atoms with Crippen LogP contribution in [0.4, 0.5) is 0 Å².